The molecule has 1 rings (SSSR count). The number of Topliss-reactive ketones (excluding diaryl/α,β-unsaturated/α-hetero) is 1. The van der Waals surface area contributed by atoms with Gasteiger partial charge >= 0.3 is 0 Å². The van der Waals surface area contributed by atoms with Crippen LogP contribution in [0.15, 0.2) is 35.5 Å². The number of ketones is 1. The Hall–Kier alpha value is -1.70. The minimum absolute atomic E-state index is 0.104. The molecule has 0 aliphatic rings. The summed E-state index contributed by atoms with van der Waals surface area (Å²) in [5, 5.41) is 0. The molecule has 0 spiro atoms. The summed E-state index contributed by atoms with van der Waals surface area (Å²) in [4.78, 5) is 15.6. The summed E-state index contributed by atoms with van der Waals surface area (Å²) in [6.45, 7) is 7.43. The van der Waals surface area contributed by atoms with Crippen LogP contribution in [-0.4, -0.2) is 11.5 Å². The highest BCUT2D eigenvalue weighted by Crippen LogP contribution is 2.12. The van der Waals surface area contributed by atoms with Crippen molar-refractivity contribution in [2.45, 2.75) is 27.7 Å². The van der Waals surface area contributed by atoms with E-state index in [1.165, 1.54) is 0 Å². The Bertz CT molecular complexity index is 456. The molecular formula is C14H17NO. The van der Waals surface area contributed by atoms with Crippen LogP contribution in [0.1, 0.15) is 42.3 Å². The number of hydrogen-bond acceptors (Lipinski definition) is 2. The fourth-order valence-electron chi connectivity index (χ4n) is 1.54. The van der Waals surface area contributed by atoms with E-state index in [0.29, 0.717) is 0 Å². The van der Waals surface area contributed by atoms with Gasteiger partial charge in [-0.1, -0.05) is 18.2 Å². The molecule has 0 fully saturated rings. The molecule has 0 atom stereocenters. The lowest BCUT2D eigenvalue weighted by atomic mass is 10.0. The molecule has 0 aromatic heterocycles. The van der Waals surface area contributed by atoms with Gasteiger partial charge < -0.3 is 0 Å². The first-order valence-corrected chi connectivity index (χ1v) is 5.33. The van der Waals surface area contributed by atoms with Gasteiger partial charge in [0.05, 0.1) is 0 Å². The molecule has 0 aliphatic heterocycles. The van der Waals surface area contributed by atoms with Gasteiger partial charge in [-0.25, -0.2) is 0 Å². The summed E-state index contributed by atoms with van der Waals surface area (Å²) in [7, 11) is 0. The molecule has 0 amide bonds. The van der Waals surface area contributed by atoms with Gasteiger partial charge in [-0.2, -0.15) is 0 Å². The number of rotatable bonds is 3. The Labute approximate surface area is 96.7 Å². The van der Waals surface area contributed by atoms with Crippen molar-refractivity contribution >= 4 is 11.5 Å². The number of carbonyl (C=O) groups excluding carboxylic acids is 1. The van der Waals surface area contributed by atoms with Crippen molar-refractivity contribution in [2.24, 2.45) is 4.99 Å². The lowest BCUT2D eigenvalue weighted by molar-refractivity contribution is 0.101. The minimum Gasteiger partial charge on any atom is -0.295 e. The molecule has 84 valence electrons. The maximum absolute atomic E-state index is 11.3. The average molecular weight is 215 g/mol. The van der Waals surface area contributed by atoms with E-state index in [-0.39, 0.29) is 5.78 Å². The Morgan fingerprint density at radius 3 is 2.50 bits per heavy atom. The van der Waals surface area contributed by atoms with Crippen LogP contribution in [-0.2, 0) is 0 Å². The molecule has 1 aromatic rings. The first kappa shape index (κ1) is 12.4. The van der Waals surface area contributed by atoms with Crippen LogP contribution in [0.2, 0.25) is 0 Å². The Morgan fingerprint density at radius 1 is 1.31 bits per heavy atom. The topological polar surface area (TPSA) is 29.4 Å². The zero-order chi connectivity index (χ0) is 12.1. The highest BCUT2D eigenvalue weighted by Gasteiger charge is 2.05. The molecule has 0 bridgehead atoms. The van der Waals surface area contributed by atoms with Crippen LogP contribution < -0.4 is 0 Å². The summed E-state index contributed by atoms with van der Waals surface area (Å²) in [6.07, 6.45) is 3.66. The summed E-state index contributed by atoms with van der Waals surface area (Å²) < 4.78 is 0. The molecule has 0 aliphatic carbocycles. The van der Waals surface area contributed by atoms with Crippen LogP contribution in [0, 0.1) is 6.92 Å². The lowest BCUT2D eigenvalue weighted by Gasteiger charge is -2.05. The summed E-state index contributed by atoms with van der Waals surface area (Å²) in [6, 6.07) is 5.80. The number of nitrogens with zero attached hydrogens (tertiary/aromatic N) is 1. The predicted molar refractivity (Wildman–Crippen MR) is 68.2 cm³/mol. The Morgan fingerprint density at radius 2 is 2.00 bits per heavy atom. The molecule has 0 unspecified atom stereocenters. The van der Waals surface area contributed by atoms with E-state index in [1.54, 1.807) is 13.1 Å². The monoisotopic (exact) mass is 215 g/mol. The molecule has 0 saturated heterocycles. The van der Waals surface area contributed by atoms with Gasteiger partial charge in [0.15, 0.2) is 5.78 Å². The quantitative estimate of drug-likeness (QED) is 0.560. The number of carbonyl (C=O) groups is 1. The van der Waals surface area contributed by atoms with Gasteiger partial charge in [-0.05, 0) is 44.9 Å². The highest BCUT2D eigenvalue weighted by atomic mass is 16.1. The van der Waals surface area contributed by atoms with E-state index >= 15 is 0 Å². The van der Waals surface area contributed by atoms with E-state index in [2.05, 4.69) is 4.99 Å². The van der Waals surface area contributed by atoms with Crippen molar-refractivity contribution in [3.8, 4) is 0 Å². The smallest absolute Gasteiger partial charge is 0.160 e. The van der Waals surface area contributed by atoms with Crippen molar-refractivity contribution in [1.29, 1.82) is 0 Å². The normalized spacial score (nSPS) is 12.1. The first-order valence-electron chi connectivity index (χ1n) is 5.33. The standard InChI is InChI=1S/C14H17NO/c1-5-8-15-11(3)13-6-7-14(12(4)16)10(2)9-13/h5-9H,1-4H3/b8-5-,15-11?. The van der Waals surface area contributed by atoms with Crippen LogP contribution in [0.4, 0.5) is 0 Å². The Balaban J connectivity index is 3.11. The molecule has 2 heteroatoms. The second-order valence-corrected chi connectivity index (χ2v) is 3.78. The molecule has 0 heterocycles. The summed E-state index contributed by atoms with van der Waals surface area (Å²) >= 11 is 0. The van der Waals surface area contributed by atoms with Crippen LogP contribution in [0.25, 0.3) is 0 Å². The molecule has 0 saturated carbocycles. The molecule has 0 radical (unpaired) electrons. The average Bonchev–Trinajstić information content (AvgIpc) is 2.25. The molecule has 0 N–H and O–H groups in total. The third-order valence-corrected chi connectivity index (χ3v) is 2.44. The SMILES string of the molecule is C/C=C\N=C(C)c1ccc(C(C)=O)c(C)c1. The molecule has 16 heavy (non-hydrogen) atoms. The van der Waals surface area contributed by atoms with Gasteiger partial charge in [0.25, 0.3) is 0 Å². The Kier molecular flexibility index (Phi) is 4.18. The van der Waals surface area contributed by atoms with Crippen LogP contribution in [0.3, 0.4) is 0 Å². The van der Waals surface area contributed by atoms with Gasteiger partial charge in [0.1, 0.15) is 0 Å². The summed E-state index contributed by atoms with van der Waals surface area (Å²) in [5.74, 6) is 0.104. The van der Waals surface area contributed by atoms with Crippen molar-refractivity contribution in [3.63, 3.8) is 0 Å². The van der Waals surface area contributed by atoms with Gasteiger partial charge in [-0.15, -0.1) is 0 Å². The van der Waals surface area contributed by atoms with E-state index in [0.717, 1.165) is 22.4 Å². The number of aryl methyl sites for hydroxylation is 1. The maximum Gasteiger partial charge on any atom is 0.160 e. The fraction of sp³-hybridized carbons (Fsp3) is 0.286. The van der Waals surface area contributed by atoms with Gasteiger partial charge in [0.2, 0.25) is 0 Å². The van der Waals surface area contributed by atoms with E-state index in [9.17, 15) is 4.79 Å². The lowest BCUT2D eigenvalue weighted by Crippen LogP contribution is -2.00. The maximum atomic E-state index is 11.3. The van der Waals surface area contributed by atoms with Crippen LogP contribution >= 0.6 is 0 Å². The molecular weight excluding hydrogens is 198 g/mol. The van der Waals surface area contributed by atoms with Crippen LogP contribution in [0.5, 0.6) is 0 Å². The molecule has 1 aromatic carbocycles. The first-order chi connectivity index (χ1) is 7.56. The summed E-state index contributed by atoms with van der Waals surface area (Å²) in [5.41, 5.74) is 3.79. The molecule has 2 nitrogen and oxygen atoms in total. The third-order valence-electron chi connectivity index (χ3n) is 2.44. The van der Waals surface area contributed by atoms with Gasteiger partial charge in [-0.3, -0.25) is 9.79 Å². The van der Waals surface area contributed by atoms with E-state index in [1.807, 2.05) is 45.0 Å². The second-order valence-electron chi connectivity index (χ2n) is 3.78. The van der Waals surface area contributed by atoms with E-state index < -0.39 is 0 Å². The fourth-order valence-corrected chi connectivity index (χ4v) is 1.54. The minimum atomic E-state index is 0.104. The highest BCUT2D eigenvalue weighted by molar-refractivity contribution is 6.01. The van der Waals surface area contributed by atoms with Crippen molar-refractivity contribution < 1.29 is 4.79 Å². The van der Waals surface area contributed by atoms with E-state index in [4.69, 9.17) is 0 Å². The van der Waals surface area contributed by atoms with Gasteiger partial charge in [0, 0.05) is 17.5 Å². The number of aliphatic imine (C=N–C) groups is 1. The number of hydrogen-bond donors (Lipinski definition) is 0. The third kappa shape index (κ3) is 2.89. The second kappa shape index (κ2) is 5.40. The predicted octanol–water partition coefficient (Wildman–Crippen LogP) is 3.54. The number of allylic oxidation sites excluding steroid dienone is 1. The zero-order valence-electron chi connectivity index (χ0n) is 10.2. The largest absolute Gasteiger partial charge is 0.295 e. The van der Waals surface area contributed by atoms with Crippen molar-refractivity contribution in [3.05, 3.63) is 47.2 Å². The number of benzene rings is 1. The van der Waals surface area contributed by atoms with Crippen molar-refractivity contribution in [1.82, 2.24) is 0 Å². The van der Waals surface area contributed by atoms with Crippen molar-refractivity contribution in [2.75, 3.05) is 0 Å². The zero-order valence-corrected chi connectivity index (χ0v) is 10.2.